The largest absolute Gasteiger partial charge is 0.393 e. The van der Waals surface area contributed by atoms with Crippen molar-refractivity contribution < 1.29 is 24.9 Å². The van der Waals surface area contributed by atoms with Crippen LogP contribution in [0, 0.1) is 34.5 Å². The number of nitrogens with one attached hydrogen (secondary N) is 1. The molecule has 2 aromatic rings. The number of carbonyl (C=O) groups excluding carboxylic acids is 2. The van der Waals surface area contributed by atoms with Gasteiger partial charge in [0.2, 0.25) is 5.91 Å². The van der Waals surface area contributed by atoms with E-state index in [1.54, 1.807) is 0 Å². The molecule has 1 amide bonds. The lowest BCUT2D eigenvalue weighted by Gasteiger charge is -2.60. The fraction of sp³-hybridized carbons (Fsp3) is 0.581. The number of aromatic nitrogens is 2. The van der Waals surface area contributed by atoms with E-state index in [1.165, 1.54) is 12.5 Å². The highest BCUT2D eigenvalue weighted by Crippen LogP contribution is 2.68. The maximum Gasteiger partial charge on any atom is 0.221 e. The maximum atomic E-state index is 12.9. The molecule has 8 heteroatoms. The summed E-state index contributed by atoms with van der Waals surface area (Å²) in [6.07, 6.45) is 7.15. The van der Waals surface area contributed by atoms with Crippen LogP contribution < -0.4 is 5.32 Å². The SMILES string of the molecule is CC(=O)Nc1ccc(-n2ncc3c2C=C2CC[C@@H]4[C@H]([C@@H](O)C[C@@]5(C)[C@H]4C[C@@H](C)[C@]5(O)C(=O)CO)[C@@]2(C)C3)cc1. The van der Waals surface area contributed by atoms with Crippen LogP contribution in [0.5, 0.6) is 0 Å². The van der Waals surface area contributed by atoms with Crippen LogP contribution in [0.1, 0.15) is 64.6 Å². The molecule has 0 aliphatic heterocycles. The molecule has 4 N–H and O–H groups in total. The van der Waals surface area contributed by atoms with E-state index in [1.807, 2.05) is 49.0 Å². The van der Waals surface area contributed by atoms with Crippen LogP contribution in [0.2, 0.25) is 0 Å². The van der Waals surface area contributed by atoms with Crippen molar-refractivity contribution in [2.45, 2.75) is 71.5 Å². The zero-order valence-corrected chi connectivity index (χ0v) is 23.1. The third kappa shape index (κ3) is 3.57. The van der Waals surface area contributed by atoms with Gasteiger partial charge in [-0.05, 0) is 97.1 Å². The Morgan fingerprint density at radius 2 is 1.92 bits per heavy atom. The topological polar surface area (TPSA) is 125 Å². The summed E-state index contributed by atoms with van der Waals surface area (Å²) >= 11 is 0. The lowest BCUT2D eigenvalue weighted by molar-refractivity contribution is -0.186. The predicted molar refractivity (Wildman–Crippen MR) is 147 cm³/mol. The fourth-order valence-corrected chi connectivity index (χ4v) is 9.33. The number of allylic oxidation sites excluding steroid dienone is 1. The Kier molecular flexibility index (Phi) is 5.99. The average molecular weight is 534 g/mol. The molecule has 3 saturated carbocycles. The third-order valence-electron chi connectivity index (χ3n) is 11.0. The van der Waals surface area contributed by atoms with E-state index in [-0.39, 0.29) is 35.0 Å². The monoisotopic (exact) mass is 533 g/mol. The van der Waals surface area contributed by atoms with Crippen LogP contribution in [-0.2, 0) is 16.0 Å². The number of hydrogen-bond acceptors (Lipinski definition) is 6. The molecular formula is C31H39N3O5. The predicted octanol–water partition coefficient (Wildman–Crippen LogP) is 3.52. The molecule has 4 aliphatic rings. The molecule has 0 bridgehead atoms. The average Bonchev–Trinajstić information content (AvgIpc) is 3.37. The van der Waals surface area contributed by atoms with Gasteiger partial charge in [0, 0.05) is 18.0 Å². The molecule has 3 fully saturated rings. The Balaban J connectivity index is 1.33. The van der Waals surface area contributed by atoms with E-state index in [2.05, 4.69) is 18.3 Å². The molecule has 8 nitrogen and oxygen atoms in total. The normalized spacial score (nSPS) is 38.6. The molecule has 0 spiro atoms. The first-order valence-electron chi connectivity index (χ1n) is 14.1. The van der Waals surface area contributed by atoms with Gasteiger partial charge in [0.25, 0.3) is 0 Å². The molecule has 4 aliphatic carbocycles. The van der Waals surface area contributed by atoms with E-state index in [9.17, 15) is 24.9 Å². The lowest BCUT2D eigenvalue weighted by Crippen LogP contribution is -2.63. The number of hydrogen-bond donors (Lipinski definition) is 4. The smallest absolute Gasteiger partial charge is 0.221 e. The van der Waals surface area contributed by atoms with Gasteiger partial charge in [-0.15, -0.1) is 0 Å². The van der Waals surface area contributed by atoms with Gasteiger partial charge in [-0.3, -0.25) is 9.59 Å². The number of aliphatic hydroxyl groups is 3. The minimum atomic E-state index is -1.62. The minimum absolute atomic E-state index is 0.0165. The molecule has 8 atom stereocenters. The molecule has 1 aromatic carbocycles. The van der Waals surface area contributed by atoms with Gasteiger partial charge >= 0.3 is 0 Å². The number of rotatable bonds is 4. The van der Waals surface area contributed by atoms with Crippen LogP contribution in [0.3, 0.4) is 0 Å². The summed E-state index contributed by atoms with van der Waals surface area (Å²) < 4.78 is 1.94. The van der Waals surface area contributed by atoms with Crippen molar-refractivity contribution in [2.24, 2.45) is 34.5 Å². The number of aliphatic hydroxyl groups excluding tert-OH is 2. The van der Waals surface area contributed by atoms with Crippen molar-refractivity contribution in [3.63, 3.8) is 0 Å². The van der Waals surface area contributed by atoms with E-state index in [0.29, 0.717) is 6.42 Å². The number of Topliss-reactive ketones (excluding diaryl/α,β-unsaturated/α-hetero) is 1. The lowest BCUT2D eigenvalue weighted by atomic mass is 9.45. The highest BCUT2D eigenvalue weighted by Gasteiger charge is 2.70. The summed E-state index contributed by atoms with van der Waals surface area (Å²) in [6, 6.07) is 7.64. The summed E-state index contributed by atoms with van der Waals surface area (Å²) in [4.78, 5) is 24.3. The van der Waals surface area contributed by atoms with Crippen molar-refractivity contribution in [1.82, 2.24) is 9.78 Å². The molecule has 39 heavy (non-hydrogen) atoms. The van der Waals surface area contributed by atoms with Crippen LogP contribution in [0.4, 0.5) is 5.69 Å². The van der Waals surface area contributed by atoms with Crippen LogP contribution in [-0.4, -0.2) is 55.1 Å². The second-order valence-corrected chi connectivity index (χ2v) is 13.0. The van der Waals surface area contributed by atoms with E-state index in [4.69, 9.17) is 5.10 Å². The van der Waals surface area contributed by atoms with Crippen LogP contribution in [0.15, 0.2) is 36.0 Å². The summed E-state index contributed by atoms with van der Waals surface area (Å²) in [5.74, 6) is -0.597. The quantitative estimate of drug-likeness (QED) is 0.477. The van der Waals surface area contributed by atoms with Gasteiger partial charge in [0.1, 0.15) is 12.2 Å². The molecule has 1 heterocycles. The first-order chi connectivity index (χ1) is 18.4. The second-order valence-electron chi connectivity index (χ2n) is 13.0. The van der Waals surface area contributed by atoms with Gasteiger partial charge in [-0.25, -0.2) is 4.68 Å². The van der Waals surface area contributed by atoms with E-state index >= 15 is 0 Å². The van der Waals surface area contributed by atoms with Gasteiger partial charge in [0.15, 0.2) is 5.78 Å². The van der Waals surface area contributed by atoms with Gasteiger partial charge in [-0.2, -0.15) is 5.10 Å². The Bertz CT molecular complexity index is 1360. The summed E-state index contributed by atoms with van der Waals surface area (Å²) in [6.45, 7) is 6.95. The molecular weight excluding hydrogens is 494 g/mol. The standard InChI is InChI=1S/C31H39N3O5/c1-17-11-24-23-10-5-20-12-25-19(15-32-34(25)22-8-6-21(7-9-22)33-18(2)36)13-29(20,3)28(23)26(37)14-30(24,4)31(17,39)27(38)16-35/h6-9,12,15,17,23-24,26,28,35,37,39H,5,10-11,13-14,16H2,1-4H3,(H,33,36)/t17-,23+,24+,26+,28-,29+,30+,31+/m1/s1. The minimum Gasteiger partial charge on any atom is -0.393 e. The van der Waals surface area contributed by atoms with Gasteiger partial charge in [0.05, 0.1) is 23.7 Å². The first-order valence-corrected chi connectivity index (χ1v) is 14.1. The highest BCUT2D eigenvalue weighted by molar-refractivity contribution is 5.90. The maximum absolute atomic E-state index is 12.9. The summed E-state index contributed by atoms with van der Waals surface area (Å²) in [5.41, 5.74) is 2.54. The van der Waals surface area contributed by atoms with Crippen molar-refractivity contribution in [3.05, 3.63) is 47.3 Å². The fourth-order valence-electron chi connectivity index (χ4n) is 9.33. The third-order valence-corrected chi connectivity index (χ3v) is 11.0. The number of fused-ring (bicyclic) bond motifs is 6. The Morgan fingerprint density at radius 1 is 1.21 bits per heavy atom. The van der Waals surface area contributed by atoms with E-state index in [0.717, 1.165) is 48.3 Å². The first kappa shape index (κ1) is 26.4. The molecule has 0 radical (unpaired) electrons. The zero-order valence-electron chi connectivity index (χ0n) is 23.1. The number of amides is 1. The molecule has 0 unspecified atom stereocenters. The Hall–Kier alpha value is -2.81. The number of benzene rings is 1. The van der Waals surface area contributed by atoms with Crippen molar-refractivity contribution in [1.29, 1.82) is 0 Å². The summed E-state index contributed by atoms with van der Waals surface area (Å²) in [5, 5.41) is 40.7. The Labute approximate surface area is 229 Å². The highest BCUT2D eigenvalue weighted by atomic mass is 16.3. The molecule has 0 saturated heterocycles. The van der Waals surface area contributed by atoms with Crippen LogP contribution >= 0.6 is 0 Å². The second kappa shape index (κ2) is 8.85. The Morgan fingerprint density at radius 3 is 2.59 bits per heavy atom. The number of anilines is 1. The number of nitrogens with zero attached hydrogens (tertiary/aromatic N) is 2. The van der Waals surface area contributed by atoms with Crippen molar-refractivity contribution in [2.75, 3.05) is 11.9 Å². The van der Waals surface area contributed by atoms with Crippen molar-refractivity contribution in [3.8, 4) is 5.69 Å². The molecule has 6 rings (SSSR count). The van der Waals surface area contributed by atoms with Crippen LogP contribution in [0.25, 0.3) is 11.8 Å². The molecule has 208 valence electrons. The number of carbonyl (C=O) groups is 2. The van der Waals surface area contributed by atoms with E-state index < -0.39 is 29.5 Å². The van der Waals surface area contributed by atoms with Gasteiger partial charge < -0.3 is 20.6 Å². The zero-order chi connectivity index (χ0) is 27.9. The molecule has 1 aromatic heterocycles. The van der Waals surface area contributed by atoms with Gasteiger partial charge in [-0.1, -0.05) is 26.3 Å². The van der Waals surface area contributed by atoms with Crippen molar-refractivity contribution >= 4 is 23.5 Å². The number of ketones is 1. The summed E-state index contributed by atoms with van der Waals surface area (Å²) in [7, 11) is 0.